The normalized spacial score (nSPS) is 14.5. The lowest BCUT2D eigenvalue weighted by Crippen LogP contribution is -2.31. The van der Waals surface area contributed by atoms with E-state index in [1.165, 1.54) is 29.5 Å². The summed E-state index contributed by atoms with van der Waals surface area (Å²) in [5.74, 6) is 0.508. The molecule has 10 nitrogen and oxygen atoms in total. The number of rotatable bonds is 9. The van der Waals surface area contributed by atoms with Crippen LogP contribution in [0.1, 0.15) is 17.3 Å². The first kappa shape index (κ1) is 26.6. The summed E-state index contributed by atoms with van der Waals surface area (Å²) >= 11 is 2.98. The maximum atomic E-state index is 13.5. The van der Waals surface area contributed by atoms with Crippen LogP contribution in [0.15, 0.2) is 70.3 Å². The Balaban J connectivity index is 1.44. The molecular weight excluding hydrogens is 569 g/mol. The van der Waals surface area contributed by atoms with E-state index in [0.29, 0.717) is 24.6 Å². The summed E-state index contributed by atoms with van der Waals surface area (Å²) < 4.78 is 68.7. The first-order valence-corrected chi connectivity index (χ1v) is 16.1. The number of fused-ring (bicyclic) bond motifs is 1. The van der Waals surface area contributed by atoms with Crippen molar-refractivity contribution in [2.45, 2.75) is 17.4 Å². The molecule has 3 heterocycles. The number of aromatic nitrogens is 1. The van der Waals surface area contributed by atoms with E-state index in [-0.39, 0.29) is 17.0 Å². The Bertz CT molecular complexity index is 1640. The maximum absolute atomic E-state index is 13.5. The average molecular weight is 593 g/mol. The Morgan fingerprint density at radius 3 is 2.61 bits per heavy atom. The van der Waals surface area contributed by atoms with E-state index in [9.17, 15) is 16.8 Å². The molecule has 0 saturated heterocycles. The van der Waals surface area contributed by atoms with Gasteiger partial charge in [0.05, 0.1) is 39.4 Å². The van der Waals surface area contributed by atoms with E-state index in [1.54, 1.807) is 35.6 Å². The molecule has 1 aliphatic heterocycles. The summed E-state index contributed by atoms with van der Waals surface area (Å²) in [7, 11) is -6.44. The molecule has 4 aromatic rings. The molecule has 0 bridgehead atoms. The molecule has 2 aromatic heterocycles. The molecule has 1 unspecified atom stereocenters. The SMILES string of the molecule is CN1CCOc2cc(S(=O)(=O)NC(Cc3ccc(NS(=O)(=O)O)cc3)c3csc(-c4cccs4)n3)ccc21. The number of anilines is 2. The molecule has 0 amide bonds. The van der Waals surface area contributed by atoms with Crippen LogP contribution in [-0.4, -0.2) is 46.6 Å². The topological polar surface area (TPSA) is 138 Å². The van der Waals surface area contributed by atoms with Crippen molar-refractivity contribution in [1.29, 1.82) is 0 Å². The number of sulfonamides is 1. The van der Waals surface area contributed by atoms with E-state index >= 15 is 0 Å². The second-order valence-electron chi connectivity index (χ2n) is 8.61. The standard InChI is InChI=1S/C24H24N4O6S4/c1-28-10-11-34-22-14-18(8-9-21(22)28)37(29,30)27-19(20-15-36-24(25-20)23-3-2-12-35-23)13-16-4-6-17(7-5-16)26-38(31,32)33/h2-9,12,14-15,19,26-27H,10-11,13H2,1H3,(H,31,32,33). The van der Waals surface area contributed by atoms with E-state index in [1.807, 2.05) is 39.6 Å². The highest BCUT2D eigenvalue weighted by molar-refractivity contribution is 7.89. The number of nitrogens with one attached hydrogen (secondary N) is 2. The lowest BCUT2D eigenvalue weighted by atomic mass is 10.0. The smallest absolute Gasteiger partial charge is 0.357 e. The van der Waals surface area contributed by atoms with Gasteiger partial charge >= 0.3 is 10.3 Å². The Morgan fingerprint density at radius 1 is 1.11 bits per heavy atom. The molecule has 0 spiro atoms. The molecule has 1 atom stereocenters. The third-order valence-corrected chi connectivity index (χ3v) is 9.75. The molecule has 14 heteroatoms. The number of hydrogen-bond acceptors (Lipinski definition) is 9. The molecule has 0 saturated carbocycles. The van der Waals surface area contributed by atoms with Gasteiger partial charge < -0.3 is 9.64 Å². The van der Waals surface area contributed by atoms with E-state index in [4.69, 9.17) is 14.3 Å². The van der Waals surface area contributed by atoms with Gasteiger partial charge in [0.2, 0.25) is 10.0 Å². The minimum absolute atomic E-state index is 0.0814. The Hall–Kier alpha value is -3.01. The van der Waals surface area contributed by atoms with Gasteiger partial charge in [0.25, 0.3) is 0 Å². The van der Waals surface area contributed by atoms with Crippen molar-refractivity contribution in [1.82, 2.24) is 9.71 Å². The first-order chi connectivity index (χ1) is 18.1. The fraction of sp³-hybridized carbons (Fsp3) is 0.208. The second kappa shape index (κ2) is 10.6. The van der Waals surface area contributed by atoms with Crippen molar-refractivity contribution in [2.75, 3.05) is 29.8 Å². The zero-order valence-corrected chi connectivity index (χ0v) is 23.3. The number of ether oxygens (including phenoxy) is 1. The molecule has 0 aliphatic carbocycles. The molecule has 38 heavy (non-hydrogen) atoms. The van der Waals surface area contributed by atoms with Crippen molar-refractivity contribution in [3.63, 3.8) is 0 Å². The quantitative estimate of drug-likeness (QED) is 0.246. The number of thiazole rings is 1. The molecule has 0 radical (unpaired) electrons. The van der Waals surface area contributed by atoms with Crippen LogP contribution in [0.5, 0.6) is 5.75 Å². The van der Waals surface area contributed by atoms with Gasteiger partial charge in [0.1, 0.15) is 17.4 Å². The van der Waals surface area contributed by atoms with E-state index in [0.717, 1.165) is 21.1 Å². The van der Waals surface area contributed by atoms with Crippen molar-refractivity contribution in [2.24, 2.45) is 0 Å². The highest BCUT2D eigenvalue weighted by Crippen LogP contribution is 2.34. The fourth-order valence-electron chi connectivity index (χ4n) is 4.02. The molecule has 1 aliphatic rings. The predicted octanol–water partition coefficient (Wildman–Crippen LogP) is 4.18. The average Bonchev–Trinajstić information content (AvgIpc) is 3.56. The molecule has 2 aromatic carbocycles. The van der Waals surface area contributed by atoms with Crippen molar-refractivity contribution in [3.05, 3.63) is 76.6 Å². The Morgan fingerprint density at radius 2 is 1.89 bits per heavy atom. The lowest BCUT2D eigenvalue weighted by Gasteiger charge is -2.28. The van der Waals surface area contributed by atoms with Gasteiger partial charge in [-0.1, -0.05) is 18.2 Å². The van der Waals surface area contributed by atoms with Crippen LogP contribution in [0.4, 0.5) is 11.4 Å². The number of nitrogens with zero attached hydrogens (tertiary/aromatic N) is 2. The van der Waals surface area contributed by atoms with Crippen LogP contribution in [0, 0.1) is 0 Å². The highest BCUT2D eigenvalue weighted by Gasteiger charge is 2.26. The minimum Gasteiger partial charge on any atom is -0.490 e. The summed E-state index contributed by atoms with van der Waals surface area (Å²) in [4.78, 5) is 7.79. The van der Waals surface area contributed by atoms with Gasteiger partial charge in [-0.05, 0) is 47.7 Å². The lowest BCUT2D eigenvalue weighted by molar-refractivity contribution is 0.310. The zero-order valence-electron chi connectivity index (χ0n) is 20.1. The second-order valence-corrected chi connectivity index (χ2v) is 13.3. The van der Waals surface area contributed by atoms with Crippen molar-refractivity contribution in [3.8, 4) is 15.6 Å². The third-order valence-electron chi connectivity index (χ3n) is 5.89. The van der Waals surface area contributed by atoms with E-state index in [2.05, 4.69) is 4.72 Å². The zero-order chi connectivity index (χ0) is 26.9. The van der Waals surface area contributed by atoms with Crippen LogP contribution in [0.2, 0.25) is 0 Å². The van der Waals surface area contributed by atoms with Crippen LogP contribution in [-0.2, 0) is 26.7 Å². The summed E-state index contributed by atoms with van der Waals surface area (Å²) in [5.41, 5.74) is 2.31. The van der Waals surface area contributed by atoms with Gasteiger partial charge in [0.15, 0.2) is 0 Å². The molecule has 5 rings (SSSR count). The highest BCUT2D eigenvalue weighted by atomic mass is 32.2. The monoisotopic (exact) mass is 592 g/mol. The van der Waals surface area contributed by atoms with Crippen LogP contribution in [0.25, 0.3) is 9.88 Å². The fourth-order valence-corrected chi connectivity index (χ4v) is 7.37. The molecule has 0 fully saturated rings. The van der Waals surface area contributed by atoms with Gasteiger partial charge in [0, 0.05) is 18.5 Å². The molecule has 200 valence electrons. The van der Waals surface area contributed by atoms with Crippen molar-refractivity contribution >= 4 is 54.4 Å². The third kappa shape index (κ3) is 6.17. The Kier molecular flexibility index (Phi) is 7.44. The minimum atomic E-state index is -4.40. The summed E-state index contributed by atoms with van der Waals surface area (Å²) in [6.45, 7) is 1.18. The summed E-state index contributed by atoms with van der Waals surface area (Å²) in [6, 6.07) is 14.3. The summed E-state index contributed by atoms with van der Waals surface area (Å²) in [6.07, 6.45) is 0.253. The predicted molar refractivity (Wildman–Crippen MR) is 149 cm³/mol. The van der Waals surface area contributed by atoms with Crippen LogP contribution in [0.3, 0.4) is 0 Å². The van der Waals surface area contributed by atoms with Crippen molar-refractivity contribution < 1.29 is 26.1 Å². The van der Waals surface area contributed by atoms with Gasteiger partial charge in [-0.2, -0.15) is 8.42 Å². The number of hydrogen-bond donors (Lipinski definition) is 3. The largest absolute Gasteiger partial charge is 0.490 e. The van der Waals surface area contributed by atoms with Gasteiger partial charge in [-0.15, -0.1) is 22.7 Å². The van der Waals surface area contributed by atoms with Gasteiger partial charge in [-0.25, -0.2) is 18.1 Å². The van der Waals surface area contributed by atoms with E-state index < -0.39 is 26.4 Å². The molecule has 3 N–H and O–H groups in total. The molecular formula is C24H24N4O6S4. The first-order valence-electron chi connectivity index (χ1n) is 11.4. The maximum Gasteiger partial charge on any atom is 0.357 e. The summed E-state index contributed by atoms with van der Waals surface area (Å²) in [5, 5.41) is 4.58. The number of thiophene rings is 1. The number of likely N-dealkylation sites (N-methyl/N-ethyl adjacent to an activating group) is 1. The Labute approximate surface area is 228 Å². The van der Waals surface area contributed by atoms with Crippen LogP contribution < -0.4 is 19.1 Å². The number of benzene rings is 2. The van der Waals surface area contributed by atoms with Gasteiger partial charge in [-0.3, -0.25) is 9.27 Å². The van der Waals surface area contributed by atoms with Crippen LogP contribution >= 0.6 is 22.7 Å².